The average molecular weight is 362 g/mol. The average Bonchev–Trinajstić information content (AvgIpc) is 3.04. The molecule has 0 atom stereocenters. The fraction of sp³-hybridized carbons (Fsp3) is 0.250. The monoisotopic (exact) mass is 362 g/mol. The first kappa shape index (κ1) is 16.6. The predicted octanol–water partition coefficient (Wildman–Crippen LogP) is 4.14. The number of allylic oxidation sites excluding steroid dienone is 1. The number of thiophene rings is 1. The lowest BCUT2D eigenvalue weighted by Crippen LogP contribution is -2.24. The van der Waals surface area contributed by atoms with Crippen LogP contribution in [0.25, 0.3) is 10.2 Å². The minimum atomic E-state index is -0.00885. The van der Waals surface area contributed by atoms with Gasteiger partial charge in [0, 0.05) is 17.1 Å². The zero-order chi connectivity index (χ0) is 18.1. The third-order valence-electron chi connectivity index (χ3n) is 4.66. The van der Waals surface area contributed by atoms with Crippen molar-refractivity contribution >= 4 is 33.2 Å². The van der Waals surface area contributed by atoms with Crippen molar-refractivity contribution in [3.63, 3.8) is 0 Å². The molecule has 5 nitrogen and oxygen atoms in total. The number of aryl methyl sites for hydroxylation is 2. The molecule has 1 aliphatic carbocycles. The van der Waals surface area contributed by atoms with E-state index in [1.54, 1.807) is 34.1 Å². The Labute approximate surface area is 155 Å². The molecule has 4 rings (SSSR count). The summed E-state index contributed by atoms with van der Waals surface area (Å²) in [5.74, 6) is 0.505. The van der Waals surface area contributed by atoms with Crippen LogP contribution < -0.4 is 10.9 Å². The molecule has 0 unspecified atom stereocenters. The van der Waals surface area contributed by atoms with Crippen molar-refractivity contribution in [1.29, 1.82) is 5.26 Å². The van der Waals surface area contributed by atoms with Crippen LogP contribution >= 0.6 is 11.3 Å². The SMILES string of the molecule is C=CCn1c(Nc2ccc(C#N)cc2)nc2sc3c(c2c1=O)CCCC3. The van der Waals surface area contributed by atoms with Crippen LogP contribution in [0.3, 0.4) is 0 Å². The van der Waals surface area contributed by atoms with Crippen molar-refractivity contribution in [2.24, 2.45) is 0 Å². The van der Waals surface area contributed by atoms with Crippen LogP contribution in [-0.4, -0.2) is 9.55 Å². The summed E-state index contributed by atoms with van der Waals surface area (Å²) in [5, 5.41) is 12.9. The smallest absolute Gasteiger partial charge is 0.264 e. The molecule has 0 radical (unpaired) electrons. The van der Waals surface area contributed by atoms with Gasteiger partial charge in [0.2, 0.25) is 5.95 Å². The van der Waals surface area contributed by atoms with Crippen LogP contribution in [0.4, 0.5) is 11.6 Å². The maximum absolute atomic E-state index is 13.2. The second kappa shape index (κ2) is 6.77. The highest BCUT2D eigenvalue weighted by Crippen LogP contribution is 2.34. The van der Waals surface area contributed by atoms with E-state index in [4.69, 9.17) is 10.2 Å². The van der Waals surface area contributed by atoms with Crippen molar-refractivity contribution in [2.75, 3.05) is 5.32 Å². The molecule has 1 aliphatic rings. The molecule has 0 spiro atoms. The third-order valence-corrected chi connectivity index (χ3v) is 5.84. The highest BCUT2D eigenvalue weighted by molar-refractivity contribution is 7.18. The number of nitriles is 1. The number of rotatable bonds is 4. The van der Waals surface area contributed by atoms with Gasteiger partial charge in [0.1, 0.15) is 4.83 Å². The van der Waals surface area contributed by atoms with E-state index in [1.807, 2.05) is 12.1 Å². The Bertz CT molecular complexity index is 1090. The fourth-order valence-electron chi connectivity index (χ4n) is 3.39. The van der Waals surface area contributed by atoms with Crippen LogP contribution in [0.2, 0.25) is 0 Å². The van der Waals surface area contributed by atoms with Crippen molar-refractivity contribution in [2.45, 2.75) is 32.2 Å². The largest absolute Gasteiger partial charge is 0.325 e. The van der Waals surface area contributed by atoms with Gasteiger partial charge < -0.3 is 5.32 Å². The van der Waals surface area contributed by atoms with E-state index in [2.05, 4.69) is 18.0 Å². The summed E-state index contributed by atoms with van der Waals surface area (Å²) in [6.45, 7) is 4.17. The molecule has 2 aromatic heterocycles. The van der Waals surface area contributed by atoms with Crippen LogP contribution in [0.15, 0.2) is 41.7 Å². The van der Waals surface area contributed by atoms with Crippen LogP contribution in [0.1, 0.15) is 28.8 Å². The highest BCUT2D eigenvalue weighted by atomic mass is 32.1. The van der Waals surface area contributed by atoms with Gasteiger partial charge in [-0.15, -0.1) is 17.9 Å². The van der Waals surface area contributed by atoms with Crippen LogP contribution in [-0.2, 0) is 19.4 Å². The third kappa shape index (κ3) is 2.80. The number of nitrogens with one attached hydrogen (secondary N) is 1. The van der Waals surface area contributed by atoms with Gasteiger partial charge in [-0.3, -0.25) is 9.36 Å². The first-order valence-corrected chi connectivity index (χ1v) is 9.46. The maximum Gasteiger partial charge on any atom is 0.264 e. The molecule has 1 N–H and O–H groups in total. The second-order valence-electron chi connectivity index (χ2n) is 6.35. The fourth-order valence-corrected chi connectivity index (χ4v) is 4.64. The summed E-state index contributed by atoms with van der Waals surface area (Å²) in [6.07, 6.45) is 6.01. The van der Waals surface area contributed by atoms with Crippen molar-refractivity contribution in [3.8, 4) is 6.07 Å². The lowest BCUT2D eigenvalue weighted by Gasteiger charge is -2.13. The molecule has 0 fully saturated rings. The molecule has 0 amide bonds. The Morgan fingerprint density at radius 3 is 2.81 bits per heavy atom. The number of aromatic nitrogens is 2. The first-order valence-electron chi connectivity index (χ1n) is 8.64. The maximum atomic E-state index is 13.2. The molecule has 2 heterocycles. The van der Waals surface area contributed by atoms with E-state index in [9.17, 15) is 4.79 Å². The Morgan fingerprint density at radius 2 is 2.08 bits per heavy atom. The number of benzene rings is 1. The lowest BCUT2D eigenvalue weighted by molar-refractivity contribution is 0.698. The lowest BCUT2D eigenvalue weighted by atomic mass is 9.97. The number of fused-ring (bicyclic) bond motifs is 3. The van der Waals surface area contributed by atoms with Gasteiger partial charge in [-0.1, -0.05) is 6.08 Å². The van der Waals surface area contributed by atoms with E-state index >= 15 is 0 Å². The predicted molar refractivity (Wildman–Crippen MR) is 105 cm³/mol. The summed E-state index contributed by atoms with van der Waals surface area (Å²) in [7, 11) is 0. The molecule has 3 aromatic rings. The van der Waals surface area contributed by atoms with Crippen molar-refractivity contribution < 1.29 is 0 Å². The Morgan fingerprint density at radius 1 is 1.31 bits per heavy atom. The van der Waals surface area contributed by atoms with E-state index in [0.717, 1.165) is 35.2 Å². The normalized spacial score (nSPS) is 13.2. The van der Waals surface area contributed by atoms with Crippen molar-refractivity contribution in [1.82, 2.24) is 9.55 Å². The molecule has 0 saturated carbocycles. The number of anilines is 2. The number of nitrogens with zero attached hydrogens (tertiary/aromatic N) is 3. The quantitative estimate of drug-likeness (QED) is 0.708. The number of hydrogen-bond donors (Lipinski definition) is 1. The molecule has 0 aliphatic heterocycles. The molecular weight excluding hydrogens is 344 g/mol. The summed E-state index contributed by atoms with van der Waals surface area (Å²) in [5.41, 5.74) is 2.56. The molecular formula is C20H18N4OS. The minimum absolute atomic E-state index is 0.00885. The summed E-state index contributed by atoms with van der Waals surface area (Å²) >= 11 is 1.64. The minimum Gasteiger partial charge on any atom is -0.325 e. The van der Waals surface area contributed by atoms with Crippen molar-refractivity contribution in [3.05, 3.63) is 63.3 Å². The van der Waals surface area contributed by atoms with Crippen LogP contribution in [0.5, 0.6) is 0 Å². The molecule has 26 heavy (non-hydrogen) atoms. The zero-order valence-electron chi connectivity index (χ0n) is 14.3. The van der Waals surface area contributed by atoms with Gasteiger partial charge >= 0.3 is 0 Å². The Hall–Kier alpha value is -2.91. The Balaban J connectivity index is 1.85. The molecule has 0 saturated heterocycles. The van der Waals surface area contributed by atoms with Gasteiger partial charge in [0.25, 0.3) is 5.56 Å². The standard InChI is InChI=1S/C20H18N4OS/c1-2-11-24-19(25)17-15-5-3-4-6-16(15)26-18(17)23-20(24)22-14-9-7-13(12-21)8-10-14/h2,7-10H,1,3-6,11H2,(H,22,23). The molecule has 6 heteroatoms. The van der Waals surface area contributed by atoms with Gasteiger partial charge in [-0.25, -0.2) is 4.98 Å². The van der Waals surface area contributed by atoms with Gasteiger partial charge in [0.05, 0.1) is 17.0 Å². The summed E-state index contributed by atoms with van der Waals surface area (Å²) in [6, 6.07) is 9.20. The Kier molecular flexibility index (Phi) is 4.31. The number of hydrogen-bond acceptors (Lipinski definition) is 5. The molecule has 130 valence electrons. The zero-order valence-corrected chi connectivity index (χ0v) is 15.1. The topological polar surface area (TPSA) is 70.7 Å². The van der Waals surface area contributed by atoms with E-state index in [0.29, 0.717) is 18.1 Å². The highest BCUT2D eigenvalue weighted by Gasteiger charge is 2.21. The first-order chi connectivity index (χ1) is 12.7. The van der Waals surface area contributed by atoms with E-state index < -0.39 is 0 Å². The second-order valence-corrected chi connectivity index (χ2v) is 7.43. The van der Waals surface area contributed by atoms with E-state index in [-0.39, 0.29) is 5.56 Å². The van der Waals surface area contributed by atoms with Crippen LogP contribution in [0, 0.1) is 11.3 Å². The molecule has 1 aromatic carbocycles. The van der Waals surface area contributed by atoms with Gasteiger partial charge in [-0.2, -0.15) is 5.26 Å². The van der Waals surface area contributed by atoms with E-state index in [1.165, 1.54) is 16.9 Å². The molecule has 0 bridgehead atoms. The van der Waals surface area contributed by atoms with Gasteiger partial charge in [0.15, 0.2) is 0 Å². The van der Waals surface area contributed by atoms with Gasteiger partial charge in [-0.05, 0) is 55.5 Å². The summed E-state index contributed by atoms with van der Waals surface area (Å²) < 4.78 is 1.63. The summed E-state index contributed by atoms with van der Waals surface area (Å²) in [4.78, 5) is 20.0.